The van der Waals surface area contributed by atoms with Crippen molar-refractivity contribution < 1.29 is 18.7 Å². The van der Waals surface area contributed by atoms with Crippen LogP contribution in [-0.4, -0.2) is 48.4 Å². The normalized spacial score (nSPS) is 14.0. The quantitative estimate of drug-likeness (QED) is 0.667. The number of amides is 2. The third kappa shape index (κ3) is 4.31. The summed E-state index contributed by atoms with van der Waals surface area (Å²) in [4.78, 5) is 27.2. The number of hydrogen-bond acceptors (Lipinski definition) is 5. The highest BCUT2D eigenvalue weighted by Gasteiger charge is 2.19. The summed E-state index contributed by atoms with van der Waals surface area (Å²) in [7, 11) is 1.60. The van der Waals surface area contributed by atoms with Gasteiger partial charge in [-0.15, -0.1) is 0 Å². The molecule has 1 aliphatic rings. The summed E-state index contributed by atoms with van der Waals surface area (Å²) in [6, 6.07) is 11.0. The molecule has 1 fully saturated rings. The number of carbonyl (C=O) groups excluding carboxylic acids is 2. The highest BCUT2D eigenvalue weighted by atomic mass is 32.2. The predicted octanol–water partition coefficient (Wildman–Crippen LogP) is 4.12. The lowest BCUT2D eigenvalue weighted by molar-refractivity contribution is -0.115. The van der Waals surface area contributed by atoms with Crippen molar-refractivity contribution in [2.24, 2.45) is 0 Å². The second-order valence-electron chi connectivity index (χ2n) is 7.28. The Bertz CT molecular complexity index is 1090. The third-order valence-corrected chi connectivity index (χ3v) is 6.20. The van der Waals surface area contributed by atoms with Crippen molar-refractivity contribution in [3.63, 3.8) is 0 Å². The van der Waals surface area contributed by atoms with E-state index in [9.17, 15) is 9.59 Å². The monoisotopic (exact) mass is 424 g/mol. The summed E-state index contributed by atoms with van der Waals surface area (Å²) in [6.45, 7) is 3.47. The first kappa shape index (κ1) is 20.3. The molecule has 2 amide bonds. The molecule has 3 aromatic rings. The molecular weight excluding hydrogens is 400 g/mol. The average molecular weight is 425 g/mol. The number of thioether (sulfide) groups is 1. The van der Waals surface area contributed by atoms with Gasteiger partial charge in [-0.2, -0.15) is 11.8 Å². The number of furan rings is 1. The molecule has 0 aliphatic carbocycles. The zero-order valence-electron chi connectivity index (χ0n) is 17.1. The second-order valence-corrected chi connectivity index (χ2v) is 8.51. The maximum Gasteiger partial charge on any atom is 0.253 e. The molecule has 0 saturated carbocycles. The number of hydrogen-bond donors (Lipinski definition) is 1. The topological polar surface area (TPSA) is 71.8 Å². The minimum atomic E-state index is -0.135. The minimum Gasteiger partial charge on any atom is -0.497 e. The van der Waals surface area contributed by atoms with Crippen LogP contribution in [0, 0.1) is 6.92 Å². The first-order chi connectivity index (χ1) is 14.5. The van der Waals surface area contributed by atoms with Gasteiger partial charge in [0.05, 0.1) is 19.8 Å². The van der Waals surface area contributed by atoms with E-state index in [0.717, 1.165) is 41.1 Å². The van der Waals surface area contributed by atoms with Gasteiger partial charge >= 0.3 is 0 Å². The number of benzene rings is 2. The van der Waals surface area contributed by atoms with Gasteiger partial charge in [-0.3, -0.25) is 9.59 Å². The maximum absolute atomic E-state index is 12.7. The van der Waals surface area contributed by atoms with Crippen LogP contribution in [0.5, 0.6) is 5.75 Å². The Morgan fingerprint density at radius 3 is 2.70 bits per heavy atom. The molecule has 1 aromatic heterocycles. The van der Waals surface area contributed by atoms with Crippen molar-refractivity contribution in [3.05, 3.63) is 59.4 Å². The standard InChI is InChI=1S/C23H24N2O4S/c1-15-11-16(23(27)25-7-9-30-10-8-25)3-6-20(15)24-22(26)12-17-14-29-21-13-18(28-2)4-5-19(17)21/h3-6,11,13-14H,7-10,12H2,1-2H3,(H,24,26). The summed E-state index contributed by atoms with van der Waals surface area (Å²) in [5.74, 6) is 2.59. The van der Waals surface area contributed by atoms with Gasteiger partial charge in [0.2, 0.25) is 5.91 Å². The van der Waals surface area contributed by atoms with Gasteiger partial charge in [-0.25, -0.2) is 0 Å². The predicted molar refractivity (Wildman–Crippen MR) is 120 cm³/mol. The number of nitrogens with zero attached hydrogens (tertiary/aromatic N) is 1. The van der Waals surface area contributed by atoms with Crippen LogP contribution in [0.1, 0.15) is 21.5 Å². The van der Waals surface area contributed by atoms with Gasteiger partial charge in [0.15, 0.2) is 0 Å². The van der Waals surface area contributed by atoms with E-state index >= 15 is 0 Å². The highest BCUT2D eigenvalue weighted by molar-refractivity contribution is 7.99. The zero-order chi connectivity index (χ0) is 21.1. The van der Waals surface area contributed by atoms with E-state index in [1.54, 1.807) is 31.6 Å². The number of aryl methyl sites for hydroxylation is 1. The number of ether oxygens (including phenoxy) is 1. The molecule has 1 saturated heterocycles. The van der Waals surface area contributed by atoms with Gasteiger partial charge < -0.3 is 19.4 Å². The lowest BCUT2D eigenvalue weighted by Crippen LogP contribution is -2.37. The molecule has 4 rings (SSSR count). The highest BCUT2D eigenvalue weighted by Crippen LogP contribution is 2.26. The number of fused-ring (bicyclic) bond motifs is 1. The molecular formula is C23H24N2O4S. The number of nitrogens with one attached hydrogen (secondary N) is 1. The summed E-state index contributed by atoms with van der Waals surface area (Å²) >= 11 is 1.87. The fourth-order valence-electron chi connectivity index (χ4n) is 3.58. The Kier molecular flexibility index (Phi) is 5.99. The van der Waals surface area contributed by atoms with Crippen LogP contribution in [0.2, 0.25) is 0 Å². The van der Waals surface area contributed by atoms with Gasteiger partial charge in [0, 0.05) is 52.9 Å². The van der Waals surface area contributed by atoms with Gasteiger partial charge in [-0.05, 0) is 42.8 Å². The van der Waals surface area contributed by atoms with E-state index in [1.165, 1.54) is 0 Å². The van der Waals surface area contributed by atoms with Gasteiger partial charge in [0.25, 0.3) is 5.91 Å². The van der Waals surface area contributed by atoms with Crippen molar-refractivity contribution in [3.8, 4) is 5.75 Å². The Balaban J connectivity index is 1.44. The fourth-order valence-corrected chi connectivity index (χ4v) is 4.48. The van der Waals surface area contributed by atoms with Crippen LogP contribution in [0.15, 0.2) is 47.1 Å². The Labute approximate surface area is 179 Å². The molecule has 0 unspecified atom stereocenters. The third-order valence-electron chi connectivity index (χ3n) is 5.26. The Morgan fingerprint density at radius 2 is 1.97 bits per heavy atom. The summed E-state index contributed by atoms with van der Waals surface area (Å²) in [5.41, 5.74) is 3.74. The molecule has 0 radical (unpaired) electrons. The Hall–Kier alpha value is -2.93. The van der Waals surface area contributed by atoms with Gasteiger partial charge in [-0.1, -0.05) is 0 Å². The summed E-state index contributed by atoms with van der Waals surface area (Å²) < 4.78 is 10.8. The number of anilines is 1. The van der Waals surface area contributed by atoms with Gasteiger partial charge in [0.1, 0.15) is 11.3 Å². The average Bonchev–Trinajstić information content (AvgIpc) is 3.17. The van der Waals surface area contributed by atoms with E-state index < -0.39 is 0 Å². The Morgan fingerprint density at radius 1 is 1.17 bits per heavy atom. The molecule has 1 N–H and O–H groups in total. The van der Waals surface area contributed by atoms with E-state index in [4.69, 9.17) is 9.15 Å². The molecule has 6 nitrogen and oxygen atoms in total. The van der Waals surface area contributed by atoms with E-state index in [-0.39, 0.29) is 18.2 Å². The first-order valence-corrected chi connectivity index (χ1v) is 11.0. The lowest BCUT2D eigenvalue weighted by atomic mass is 10.1. The molecule has 1 aliphatic heterocycles. The smallest absolute Gasteiger partial charge is 0.253 e. The first-order valence-electron chi connectivity index (χ1n) is 9.87. The van der Waals surface area contributed by atoms with Crippen LogP contribution in [0.25, 0.3) is 11.0 Å². The molecule has 0 bridgehead atoms. The second kappa shape index (κ2) is 8.83. The minimum absolute atomic E-state index is 0.0524. The number of rotatable bonds is 5. The lowest BCUT2D eigenvalue weighted by Gasteiger charge is -2.26. The van der Waals surface area contributed by atoms with Crippen molar-refractivity contribution >= 4 is 40.2 Å². The van der Waals surface area contributed by atoms with Crippen molar-refractivity contribution in [2.45, 2.75) is 13.3 Å². The SMILES string of the molecule is COc1ccc2c(CC(=O)Nc3ccc(C(=O)N4CCSCC4)cc3C)coc2c1. The molecule has 7 heteroatoms. The van der Waals surface area contributed by atoms with E-state index in [0.29, 0.717) is 22.6 Å². The van der Waals surface area contributed by atoms with Crippen LogP contribution in [-0.2, 0) is 11.2 Å². The number of methoxy groups -OCH3 is 1. The molecule has 2 heterocycles. The van der Waals surface area contributed by atoms with Crippen molar-refractivity contribution in [1.29, 1.82) is 0 Å². The summed E-state index contributed by atoms with van der Waals surface area (Å²) in [6.07, 6.45) is 1.81. The molecule has 2 aromatic carbocycles. The number of carbonyl (C=O) groups is 2. The molecule has 0 atom stereocenters. The molecule has 30 heavy (non-hydrogen) atoms. The van der Waals surface area contributed by atoms with E-state index in [2.05, 4.69) is 5.32 Å². The zero-order valence-corrected chi connectivity index (χ0v) is 17.9. The molecule has 156 valence electrons. The maximum atomic E-state index is 12.7. The van der Waals surface area contributed by atoms with Crippen molar-refractivity contribution in [2.75, 3.05) is 37.0 Å². The van der Waals surface area contributed by atoms with Crippen molar-refractivity contribution in [1.82, 2.24) is 4.90 Å². The van der Waals surface area contributed by atoms with Crippen LogP contribution in [0.4, 0.5) is 5.69 Å². The van der Waals surface area contributed by atoms with Crippen LogP contribution < -0.4 is 10.1 Å². The molecule has 0 spiro atoms. The largest absolute Gasteiger partial charge is 0.497 e. The van der Waals surface area contributed by atoms with E-state index in [1.807, 2.05) is 41.8 Å². The van der Waals surface area contributed by atoms with Crippen LogP contribution >= 0.6 is 11.8 Å². The fraction of sp³-hybridized carbons (Fsp3) is 0.304. The summed E-state index contributed by atoms with van der Waals surface area (Å²) in [5, 5.41) is 3.84. The van der Waals surface area contributed by atoms with Crippen LogP contribution in [0.3, 0.4) is 0 Å².